The summed E-state index contributed by atoms with van der Waals surface area (Å²) < 4.78 is 26.3. The van der Waals surface area contributed by atoms with Gasteiger partial charge in [-0.25, -0.2) is 0 Å². The van der Waals surface area contributed by atoms with Crippen molar-refractivity contribution in [1.29, 1.82) is 0 Å². The van der Waals surface area contributed by atoms with Crippen LogP contribution in [0.15, 0.2) is 0 Å². The van der Waals surface area contributed by atoms with Gasteiger partial charge in [0.25, 0.3) is 10.1 Å². The molecular weight excluding hydrogens is 176 g/mol. The molecule has 0 radical (unpaired) electrons. The Morgan fingerprint density at radius 2 is 1.83 bits per heavy atom. The number of terminal acetylenes is 2. The van der Waals surface area contributed by atoms with Gasteiger partial charge < -0.3 is 0 Å². The van der Waals surface area contributed by atoms with E-state index in [4.69, 9.17) is 12.8 Å². The normalized spacial score (nSPS) is 33.2. The summed E-state index contributed by atoms with van der Waals surface area (Å²) in [7, 11) is -3.43. The van der Waals surface area contributed by atoms with Crippen LogP contribution in [0.25, 0.3) is 0 Å². The number of hydrogen-bond donors (Lipinski definition) is 0. The number of rotatable bonds is 0. The highest BCUT2D eigenvalue weighted by Crippen LogP contribution is 2.20. The zero-order valence-corrected chi connectivity index (χ0v) is 7.17. The first kappa shape index (κ1) is 9.12. The molecule has 0 saturated carbocycles. The van der Waals surface area contributed by atoms with E-state index < -0.39 is 16.0 Å². The van der Waals surface area contributed by atoms with Crippen molar-refractivity contribution >= 4 is 10.1 Å². The van der Waals surface area contributed by atoms with Crippen molar-refractivity contribution in [2.24, 2.45) is 11.8 Å². The van der Waals surface area contributed by atoms with Gasteiger partial charge in [0, 0.05) is 0 Å². The molecule has 0 spiro atoms. The van der Waals surface area contributed by atoms with E-state index in [0.717, 1.165) is 0 Å². The van der Waals surface area contributed by atoms with Gasteiger partial charge in [-0.2, -0.15) is 8.42 Å². The summed E-state index contributed by atoms with van der Waals surface area (Å²) in [6.07, 6.45) is 10.3. The van der Waals surface area contributed by atoms with Gasteiger partial charge in [-0.1, -0.05) is 5.92 Å². The first-order valence-corrected chi connectivity index (χ1v) is 4.96. The predicted molar refractivity (Wildman–Crippen MR) is 44.4 cm³/mol. The van der Waals surface area contributed by atoms with Crippen molar-refractivity contribution in [2.45, 2.75) is 0 Å². The number of hydrogen-bond acceptors (Lipinski definition) is 3. The molecule has 2 atom stereocenters. The second kappa shape index (κ2) is 3.18. The molecular formula is C8H8O3S. The summed E-state index contributed by atoms with van der Waals surface area (Å²) >= 11 is 0. The van der Waals surface area contributed by atoms with Gasteiger partial charge in [-0.05, 0) is 0 Å². The lowest BCUT2D eigenvalue weighted by atomic mass is 9.96. The maximum Gasteiger partial charge on any atom is 0.268 e. The van der Waals surface area contributed by atoms with Crippen LogP contribution in [0.3, 0.4) is 0 Å². The molecule has 0 N–H and O–H groups in total. The Morgan fingerprint density at radius 1 is 1.25 bits per heavy atom. The Balaban J connectivity index is 2.83. The third-order valence-corrected chi connectivity index (χ3v) is 2.99. The molecule has 1 heterocycles. The van der Waals surface area contributed by atoms with Crippen LogP contribution >= 0.6 is 0 Å². The van der Waals surface area contributed by atoms with E-state index in [0.29, 0.717) is 0 Å². The monoisotopic (exact) mass is 184 g/mol. The van der Waals surface area contributed by atoms with E-state index in [2.05, 4.69) is 16.0 Å². The lowest BCUT2D eigenvalue weighted by Crippen LogP contribution is -2.33. The fourth-order valence-electron chi connectivity index (χ4n) is 1.01. The van der Waals surface area contributed by atoms with Gasteiger partial charge in [-0.15, -0.1) is 18.8 Å². The molecule has 4 heteroatoms. The van der Waals surface area contributed by atoms with E-state index in [-0.39, 0.29) is 18.3 Å². The maximum absolute atomic E-state index is 10.9. The highest BCUT2D eigenvalue weighted by Gasteiger charge is 2.31. The summed E-state index contributed by atoms with van der Waals surface area (Å²) in [4.78, 5) is 0. The molecule has 0 aromatic carbocycles. The molecule has 12 heavy (non-hydrogen) atoms. The molecule has 0 bridgehead atoms. The second-order valence-electron chi connectivity index (χ2n) is 2.56. The smallest absolute Gasteiger partial charge is 0.268 e. The van der Waals surface area contributed by atoms with Crippen LogP contribution in [-0.2, 0) is 14.3 Å². The van der Waals surface area contributed by atoms with E-state index >= 15 is 0 Å². The molecule has 1 aliphatic heterocycles. The van der Waals surface area contributed by atoms with Gasteiger partial charge in [0.05, 0.1) is 24.2 Å². The topological polar surface area (TPSA) is 43.4 Å². The molecule has 0 aliphatic carbocycles. The zero-order chi connectivity index (χ0) is 9.19. The minimum absolute atomic E-state index is 0.00764. The Hall–Kier alpha value is -0.970. The first-order valence-electron chi connectivity index (χ1n) is 3.38. The molecule has 0 amide bonds. The van der Waals surface area contributed by atoms with Crippen LogP contribution in [0.2, 0.25) is 0 Å². The van der Waals surface area contributed by atoms with Crippen LogP contribution in [0.4, 0.5) is 0 Å². The van der Waals surface area contributed by atoms with Crippen LogP contribution in [0.5, 0.6) is 0 Å². The second-order valence-corrected chi connectivity index (χ2v) is 4.24. The van der Waals surface area contributed by atoms with Crippen LogP contribution in [0, 0.1) is 36.5 Å². The molecule has 1 fully saturated rings. The summed E-state index contributed by atoms with van der Waals surface area (Å²) in [5, 5.41) is 0. The van der Waals surface area contributed by atoms with Crippen molar-refractivity contribution < 1.29 is 12.6 Å². The van der Waals surface area contributed by atoms with Crippen molar-refractivity contribution in [1.82, 2.24) is 0 Å². The van der Waals surface area contributed by atoms with E-state index in [9.17, 15) is 8.42 Å². The molecule has 2 unspecified atom stereocenters. The third kappa shape index (κ3) is 1.79. The molecule has 3 nitrogen and oxygen atoms in total. The van der Waals surface area contributed by atoms with E-state index in [1.807, 2.05) is 0 Å². The minimum atomic E-state index is -3.43. The highest BCUT2D eigenvalue weighted by atomic mass is 32.2. The highest BCUT2D eigenvalue weighted by molar-refractivity contribution is 7.86. The minimum Gasteiger partial charge on any atom is -0.269 e. The van der Waals surface area contributed by atoms with Gasteiger partial charge in [0.2, 0.25) is 0 Å². The fourth-order valence-corrected chi connectivity index (χ4v) is 2.22. The fraction of sp³-hybridized carbons (Fsp3) is 0.500. The van der Waals surface area contributed by atoms with Crippen LogP contribution in [-0.4, -0.2) is 20.8 Å². The molecule has 1 aliphatic rings. The average molecular weight is 184 g/mol. The molecule has 64 valence electrons. The van der Waals surface area contributed by atoms with E-state index in [1.165, 1.54) is 0 Å². The largest absolute Gasteiger partial charge is 0.269 e. The van der Waals surface area contributed by atoms with Crippen molar-refractivity contribution in [3.05, 3.63) is 0 Å². The van der Waals surface area contributed by atoms with Gasteiger partial charge in [-0.3, -0.25) is 4.18 Å². The molecule has 0 aromatic heterocycles. The Labute approximate surface area is 72.2 Å². The molecule has 1 rings (SSSR count). The Morgan fingerprint density at radius 3 is 2.33 bits per heavy atom. The van der Waals surface area contributed by atoms with Gasteiger partial charge >= 0.3 is 0 Å². The van der Waals surface area contributed by atoms with Gasteiger partial charge in [0.15, 0.2) is 0 Å². The van der Waals surface area contributed by atoms with Crippen molar-refractivity contribution in [2.75, 3.05) is 12.4 Å². The summed E-state index contributed by atoms with van der Waals surface area (Å²) in [5.41, 5.74) is 0. The quantitative estimate of drug-likeness (QED) is 0.388. The SMILES string of the molecule is C#CC1COS(=O)(=O)CC1C#C. The molecule has 1 saturated heterocycles. The zero-order valence-electron chi connectivity index (χ0n) is 6.36. The van der Waals surface area contributed by atoms with Crippen molar-refractivity contribution in [3.63, 3.8) is 0 Å². The van der Waals surface area contributed by atoms with E-state index in [1.54, 1.807) is 0 Å². The van der Waals surface area contributed by atoms with Crippen molar-refractivity contribution in [3.8, 4) is 24.7 Å². The van der Waals surface area contributed by atoms with Crippen LogP contribution in [0.1, 0.15) is 0 Å². The Kier molecular flexibility index (Phi) is 2.42. The lowest BCUT2D eigenvalue weighted by molar-refractivity contribution is 0.238. The standard InChI is InChI=1S/C8H8O3S/c1-3-7-5-11-12(9,10)6-8(7)4-2/h1-2,7-8H,5-6H2. The maximum atomic E-state index is 10.9. The first-order chi connectivity index (χ1) is 5.59. The summed E-state index contributed by atoms with van der Waals surface area (Å²) in [6, 6.07) is 0. The third-order valence-electron chi connectivity index (χ3n) is 1.72. The predicted octanol–water partition coefficient (Wildman–Crippen LogP) is -0.155. The molecule has 0 aromatic rings. The Bertz CT molecular complexity index is 341. The van der Waals surface area contributed by atoms with Crippen LogP contribution < -0.4 is 0 Å². The lowest BCUT2D eigenvalue weighted by Gasteiger charge is -2.23. The average Bonchev–Trinajstić information content (AvgIpc) is 2.03. The summed E-state index contributed by atoms with van der Waals surface area (Å²) in [5.74, 6) is 3.91. The summed E-state index contributed by atoms with van der Waals surface area (Å²) in [6.45, 7) is 0.00764. The van der Waals surface area contributed by atoms with Gasteiger partial charge in [0.1, 0.15) is 0 Å².